The lowest BCUT2D eigenvalue weighted by Crippen LogP contribution is -1.98. The fourth-order valence-electron chi connectivity index (χ4n) is 0.888. The van der Waals surface area contributed by atoms with Gasteiger partial charge in [-0.1, -0.05) is 23.2 Å². The van der Waals surface area contributed by atoms with Gasteiger partial charge in [0, 0.05) is 6.54 Å². The van der Waals surface area contributed by atoms with Gasteiger partial charge in [0.15, 0.2) is 0 Å². The van der Waals surface area contributed by atoms with Crippen molar-refractivity contribution in [2.24, 2.45) is 0 Å². The quantitative estimate of drug-likeness (QED) is 0.783. The summed E-state index contributed by atoms with van der Waals surface area (Å²) in [5, 5.41) is 3.56. The Morgan fingerprint density at radius 1 is 1.33 bits per heavy atom. The molecule has 0 radical (unpaired) electrons. The third-order valence-corrected chi connectivity index (χ3v) is 1.96. The van der Waals surface area contributed by atoms with Gasteiger partial charge in [0.2, 0.25) is 0 Å². The molecule has 0 heterocycles. The molecule has 0 saturated heterocycles. The van der Waals surface area contributed by atoms with Crippen LogP contribution in [0.2, 0.25) is 10.0 Å². The van der Waals surface area contributed by atoms with Crippen molar-refractivity contribution in [1.82, 2.24) is 0 Å². The van der Waals surface area contributed by atoms with Gasteiger partial charge in [0.25, 0.3) is 0 Å². The minimum atomic E-state index is -0.424. The molecule has 0 aliphatic rings. The Labute approximate surface area is 80.5 Å². The summed E-state index contributed by atoms with van der Waals surface area (Å²) >= 11 is 11.5. The van der Waals surface area contributed by atoms with Crippen LogP contribution in [0.25, 0.3) is 0 Å². The smallest absolute Gasteiger partial charge is 0.126 e. The Morgan fingerprint density at radius 2 is 1.83 bits per heavy atom. The summed E-state index contributed by atoms with van der Waals surface area (Å²) in [6, 6.07) is 2.46. The Morgan fingerprint density at radius 3 is 2.25 bits per heavy atom. The van der Waals surface area contributed by atoms with Crippen LogP contribution in [0.15, 0.2) is 12.1 Å². The molecule has 0 amide bonds. The van der Waals surface area contributed by atoms with Gasteiger partial charge in [0.05, 0.1) is 15.7 Å². The van der Waals surface area contributed by atoms with Gasteiger partial charge < -0.3 is 5.32 Å². The number of rotatable bonds is 2. The van der Waals surface area contributed by atoms with Gasteiger partial charge in [0.1, 0.15) is 5.82 Å². The Hall–Kier alpha value is -0.470. The zero-order valence-electron chi connectivity index (χ0n) is 6.50. The molecule has 0 saturated carbocycles. The van der Waals surface area contributed by atoms with Gasteiger partial charge in [-0.3, -0.25) is 0 Å². The van der Waals surface area contributed by atoms with Crippen LogP contribution >= 0.6 is 23.2 Å². The van der Waals surface area contributed by atoms with E-state index in [1.54, 1.807) is 0 Å². The van der Waals surface area contributed by atoms with Gasteiger partial charge in [-0.05, 0) is 19.1 Å². The molecule has 0 aliphatic heterocycles. The molecule has 0 aliphatic carbocycles. The second-order valence-electron chi connectivity index (χ2n) is 2.27. The predicted octanol–water partition coefficient (Wildman–Crippen LogP) is 3.56. The molecule has 66 valence electrons. The van der Waals surface area contributed by atoms with Crippen molar-refractivity contribution in [3.05, 3.63) is 28.0 Å². The molecule has 1 aromatic rings. The zero-order chi connectivity index (χ0) is 9.14. The number of hydrogen-bond donors (Lipinski definition) is 1. The van der Waals surface area contributed by atoms with Crippen LogP contribution in [-0.4, -0.2) is 6.54 Å². The van der Waals surface area contributed by atoms with Crippen molar-refractivity contribution in [3.63, 3.8) is 0 Å². The summed E-state index contributed by atoms with van der Waals surface area (Å²) < 4.78 is 12.7. The van der Waals surface area contributed by atoms with E-state index in [9.17, 15) is 4.39 Å². The van der Waals surface area contributed by atoms with Crippen molar-refractivity contribution in [2.75, 3.05) is 11.9 Å². The Kier molecular flexibility index (Phi) is 3.18. The van der Waals surface area contributed by atoms with Crippen molar-refractivity contribution < 1.29 is 4.39 Å². The fourth-order valence-corrected chi connectivity index (χ4v) is 1.48. The molecule has 1 rings (SSSR count). The molecular formula is C8H8Cl2FN. The van der Waals surface area contributed by atoms with E-state index in [4.69, 9.17) is 23.2 Å². The molecule has 0 bridgehead atoms. The Balaban J connectivity index is 3.10. The summed E-state index contributed by atoms with van der Waals surface area (Å²) in [5.41, 5.74) is 0.585. The van der Waals surface area contributed by atoms with Crippen LogP contribution in [0.1, 0.15) is 6.92 Å². The molecule has 0 atom stereocenters. The van der Waals surface area contributed by atoms with Gasteiger partial charge in [-0.2, -0.15) is 0 Å². The monoisotopic (exact) mass is 207 g/mol. The maximum Gasteiger partial charge on any atom is 0.126 e. The van der Waals surface area contributed by atoms with Crippen LogP contribution in [0.4, 0.5) is 10.1 Å². The predicted molar refractivity (Wildman–Crippen MR) is 50.6 cm³/mol. The first-order chi connectivity index (χ1) is 5.65. The summed E-state index contributed by atoms with van der Waals surface area (Å²) in [4.78, 5) is 0. The molecule has 4 heteroatoms. The topological polar surface area (TPSA) is 12.0 Å². The van der Waals surface area contributed by atoms with E-state index >= 15 is 0 Å². The van der Waals surface area contributed by atoms with Crippen LogP contribution in [-0.2, 0) is 0 Å². The van der Waals surface area contributed by atoms with Crippen molar-refractivity contribution in [1.29, 1.82) is 0 Å². The number of halogens is 3. The summed E-state index contributed by atoms with van der Waals surface area (Å²) in [6.07, 6.45) is 0. The Bertz CT molecular complexity index is 265. The number of hydrogen-bond acceptors (Lipinski definition) is 1. The molecule has 1 N–H and O–H groups in total. The molecule has 1 nitrogen and oxygen atoms in total. The van der Waals surface area contributed by atoms with Crippen molar-refractivity contribution >= 4 is 28.9 Å². The molecule has 1 aromatic carbocycles. The molecule has 0 spiro atoms. The maximum absolute atomic E-state index is 12.7. The van der Waals surface area contributed by atoms with E-state index in [2.05, 4.69) is 5.32 Å². The summed E-state index contributed by atoms with van der Waals surface area (Å²) in [7, 11) is 0. The minimum absolute atomic E-state index is 0.307. The number of nitrogens with one attached hydrogen (secondary N) is 1. The van der Waals surface area contributed by atoms with Crippen molar-refractivity contribution in [3.8, 4) is 0 Å². The zero-order valence-corrected chi connectivity index (χ0v) is 8.01. The normalized spacial score (nSPS) is 10.0. The third kappa shape index (κ3) is 2.02. The van der Waals surface area contributed by atoms with Crippen LogP contribution in [0.3, 0.4) is 0 Å². The molecule has 12 heavy (non-hydrogen) atoms. The first-order valence-corrected chi connectivity index (χ1v) is 4.29. The van der Waals surface area contributed by atoms with Gasteiger partial charge in [-0.25, -0.2) is 4.39 Å². The molecule has 0 unspecified atom stereocenters. The average Bonchev–Trinajstić information content (AvgIpc) is 1.96. The molecule has 0 aromatic heterocycles. The lowest BCUT2D eigenvalue weighted by molar-refractivity contribution is 0.628. The second-order valence-corrected chi connectivity index (χ2v) is 3.09. The average molecular weight is 208 g/mol. The summed E-state index contributed by atoms with van der Waals surface area (Å²) in [6.45, 7) is 2.61. The minimum Gasteiger partial charge on any atom is -0.383 e. The number of benzene rings is 1. The summed E-state index contributed by atoms with van der Waals surface area (Å²) in [5.74, 6) is -0.424. The van der Waals surface area contributed by atoms with Crippen LogP contribution in [0.5, 0.6) is 0 Å². The SMILES string of the molecule is CCNc1c(Cl)cc(F)cc1Cl. The highest BCUT2D eigenvalue weighted by atomic mass is 35.5. The third-order valence-electron chi connectivity index (χ3n) is 1.36. The van der Waals surface area contributed by atoms with E-state index in [1.807, 2.05) is 6.92 Å². The van der Waals surface area contributed by atoms with Gasteiger partial charge in [-0.15, -0.1) is 0 Å². The highest BCUT2D eigenvalue weighted by molar-refractivity contribution is 6.39. The van der Waals surface area contributed by atoms with E-state index in [0.29, 0.717) is 22.3 Å². The molecule has 0 fully saturated rings. The van der Waals surface area contributed by atoms with E-state index in [-0.39, 0.29) is 0 Å². The second kappa shape index (κ2) is 3.97. The van der Waals surface area contributed by atoms with Crippen LogP contribution < -0.4 is 5.32 Å². The van der Waals surface area contributed by atoms with Crippen LogP contribution in [0, 0.1) is 5.82 Å². The van der Waals surface area contributed by atoms with E-state index in [1.165, 1.54) is 12.1 Å². The van der Waals surface area contributed by atoms with E-state index < -0.39 is 5.82 Å². The first-order valence-electron chi connectivity index (χ1n) is 3.53. The highest BCUT2D eigenvalue weighted by Gasteiger charge is 2.06. The lowest BCUT2D eigenvalue weighted by atomic mass is 10.3. The highest BCUT2D eigenvalue weighted by Crippen LogP contribution is 2.30. The largest absolute Gasteiger partial charge is 0.383 e. The maximum atomic E-state index is 12.7. The number of anilines is 1. The lowest BCUT2D eigenvalue weighted by Gasteiger charge is -2.07. The first kappa shape index (κ1) is 9.62. The fraction of sp³-hybridized carbons (Fsp3) is 0.250. The standard InChI is InChI=1S/C8H8Cl2FN/c1-2-12-8-6(9)3-5(11)4-7(8)10/h3-4,12H,2H2,1H3. The molecular weight excluding hydrogens is 200 g/mol. The van der Waals surface area contributed by atoms with E-state index in [0.717, 1.165) is 0 Å². The van der Waals surface area contributed by atoms with Crippen molar-refractivity contribution in [2.45, 2.75) is 6.92 Å². The van der Waals surface area contributed by atoms with Gasteiger partial charge >= 0.3 is 0 Å².